The summed E-state index contributed by atoms with van der Waals surface area (Å²) in [6.07, 6.45) is 9.15. The number of fused-ring (bicyclic) bond motifs is 3. The van der Waals surface area contributed by atoms with Gasteiger partial charge in [-0.3, -0.25) is 0 Å². The first-order valence-electron chi connectivity index (χ1n) is 13.5. The van der Waals surface area contributed by atoms with Crippen molar-refractivity contribution in [3.8, 4) is 0 Å². The molecule has 36 heavy (non-hydrogen) atoms. The van der Waals surface area contributed by atoms with Crippen LogP contribution in [0.4, 0.5) is 5.95 Å². The molecular formula is C29H36N4O3. The lowest BCUT2D eigenvalue weighted by molar-refractivity contribution is -0.248. The van der Waals surface area contributed by atoms with Crippen molar-refractivity contribution in [2.75, 3.05) is 19.8 Å². The lowest BCUT2D eigenvalue weighted by Crippen LogP contribution is -2.67. The van der Waals surface area contributed by atoms with Crippen molar-refractivity contribution >= 4 is 22.6 Å². The molecule has 9 atom stereocenters. The number of ether oxygens (including phenoxy) is 1. The van der Waals surface area contributed by atoms with Gasteiger partial charge in [-0.2, -0.15) is 0 Å². The number of nitrogens with one attached hydrogen (secondary N) is 1. The Kier molecular flexibility index (Phi) is 3.91. The number of H-pyrrole nitrogens is 1. The molecule has 9 unspecified atom stereocenters. The number of nitrogens with two attached hydrogens (primary N) is 1. The second-order valence-corrected chi connectivity index (χ2v) is 13.0. The average molecular weight is 489 g/mol. The molecule has 1 aromatic carbocycles. The number of hydrogen-bond acceptors (Lipinski definition) is 6. The normalized spacial score (nSPS) is 48.2. The Morgan fingerprint density at radius 3 is 2.81 bits per heavy atom. The van der Waals surface area contributed by atoms with Gasteiger partial charge in [-0.1, -0.05) is 25.1 Å². The molecule has 7 nitrogen and oxygen atoms in total. The number of imidazole rings is 1. The number of rotatable bonds is 2. The molecule has 0 amide bonds. The number of benzene rings is 1. The Labute approximate surface area is 211 Å². The lowest BCUT2D eigenvalue weighted by Gasteiger charge is -2.59. The predicted molar refractivity (Wildman–Crippen MR) is 138 cm³/mol. The molecule has 2 saturated heterocycles. The molecule has 6 aliphatic rings. The van der Waals surface area contributed by atoms with Crippen molar-refractivity contribution in [2.45, 2.75) is 74.9 Å². The lowest BCUT2D eigenvalue weighted by atomic mass is 9.57. The summed E-state index contributed by atoms with van der Waals surface area (Å²) < 4.78 is 7.43. The second-order valence-electron chi connectivity index (χ2n) is 13.0. The summed E-state index contributed by atoms with van der Waals surface area (Å²) in [6, 6.07) is 6.35. The fraction of sp³-hybridized carbons (Fsp3) is 0.621. The summed E-state index contributed by atoms with van der Waals surface area (Å²) in [5.74, 6) is 1.16. The molecule has 0 radical (unpaired) electrons. The van der Waals surface area contributed by atoms with Crippen LogP contribution in [0.3, 0.4) is 0 Å². The molecule has 8 rings (SSSR count). The number of aliphatic hydroxyl groups excluding tert-OH is 2. The van der Waals surface area contributed by atoms with Gasteiger partial charge in [0.2, 0.25) is 0 Å². The Morgan fingerprint density at radius 2 is 2.00 bits per heavy atom. The van der Waals surface area contributed by atoms with Gasteiger partial charge in [-0.05, 0) is 87.4 Å². The predicted octanol–water partition coefficient (Wildman–Crippen LogP) is 3.25. The number of nitrogens with zero attached hydrogens (tertiary/aromatic N) is 2. The zero-order valence-corrected chi connectivity index (χ0v) is 21.3. The quantitative estimate of drug-likeness (QED) is 0.484. The van der Waals surface area contributed by atoms with Gasteiger partial charge in [0, 0.05) is 22.8 Å². The molecular weight excluding hydrogens is 452 g/mol. The van der Waals surface area contributed by atoms with Gasteiger partial charge < -0.3 is 30.6 Å². The summed E-state index contributed by atoms with van der Waals surface area (Å²) >= 11 is 0. The molecule has 5 N–H and O–H groups in total. The van der Waals surface area contributed by atoms with Crippen LogP contribution in [0.15, 0.2) is 35.9 Å². The van der Waals surface area contributed by atoms with E-state index >= 15 is 0 Å². The smallest absolute Gasteiger partial charge is 0.198 e. The minimum atomic E-state index is -0.736. The minimum absolute atomic E-state index is 0.0170. The number of anilines is 1. The van der Waals surface area contributed by atoms with Crippen LogP contribution >= 0.6 is 0 Å². The van der Waals surface area contributed by atoms with Crippen LogP contribution in [0.25, 0.3) is 16.6 Å². The first-order valence-corrected chi connectivity index (χ1v) is 13.5. The number of nitrogen functional groups attached to an aromatic ring is 1. The van der Waals surface area contributed by atoms with Crippen molar-refractivity contribution in [3.05, 3.63) is 41.5 Å². The van der Waals surface area contributed by atoms with Gasteiger partial charge in [-0.15, -0.1) is 0 Å². The Balaban J connectivity index is 1.21. The summed E-state index contributed by atoms with van der Waals surface area (Å²) in [4.78, 5) is 9.64. The summed E-state index contributed by atoms with van der Waals surface area (Å²) in [6.45, 7) is 2.43. The Bertz CT molecular complexity index is 1380. The van der Waals surface area contributed by atoms with Crippen LogP contribution in [0.2, 0.25) is 0 Å². The van der Waals surface area contributed by atoms with Gasteiger partial charge in [0.1, 0.15) is 0 Å². The Hall–Kier alpha value is -2.19. The van der Waals surface area contributed by atoms with Crippen LogP contribution < -0.4 is 5.73 Å². The average Bonchev–Trinajstić information content (AvgIpc) is 3.13. The number of hydrogen-bond donors (Lipinski definition) is 4. The third kappa shape index (κ3) is 2.25. The molecule has 2 saturated carbocycles. The Morgan fingerprint density at radius 1 is 1.17 bits per heavy atom. The van der Waals surface area contributed by atoms with Crippen molar-refractivity contribution in [2.24, 2.45) is 22.7 Å². The first kappa shape index (κ1) is 21.9. The number of aliphatic hydroxyl groups is 2. The van der Waals surface area contributed by atoms with E-state index in [1.165, 1.54) is 16.7 Å². The fourth-order valence-corrected chi connectivity index (χ4v) is 9.83. The maximum Gasteiger partial charge on any atom is 0.198 e. The molecule has 190 valence electrons. The number of aromatic nitrogens is 2. The van der Waals surface area contributed by atoms with E-state index in [1.54, 1.807) is 0 Å². The number of allylic oxidation sites excluding steroid dienone is 3. The van der Waals surface area contributed by atoms with E-state index in [4.69, 9.17) is 10.5 Å². The molecule has 3 heterocycles. The van der Waals surface area contributed by atoms with Gasteiger partial charge >= 0.3 is 0 Å². The zero-order chi connectivity index (χ0) is 24.8. The molecule has 7 heteroatoms. The highest BCUT2D eigenvalue weighted by Gasteiger charge is 2.84. The fourth-order valence-electron chi connectivity index (χ4n) is 9.83. The van der Waals surface area contributed by atoms with E-state index in [-0.39, 0.29) is 28.1 Å². The van der Waals surface area contributed by atoms with Crippen molar-refractivity contribution in [3.63, 3.8) is 0 Å². The molecule has 4 fully saturated rings. The molecule has 2 aromatic rings. The highest BCUT2D eigenvalue weighted by Crippen LogP contribution is 2.81. The first-order chi connectivity index (χ1) is 17.2. The maximum absolute atomic E-state index is 11.5. The van der Waals surface area contributed by atoms with Crippen LogP contribution in [0.5, 0.6) is 0 Å². The summed E-state index contributed by atoms with van der Waals surface area (Å²) in [7, 11) is 4.01. The maximum atomic E-state index is 11.5. The van der Waals surface area contributed by atoms with E-state index in [1.807, 2.05) is 14.1 Å². The van der Waals surface area contributed by atoms with E-state index in [0.29, 0.717) is 17.8 Å². The molecule has 2 bridgehead atoms. The third-order valence-corrected chi connectivity index (χ3v) is 11.5. The molecule has 1 aromatic heterocycles. The highest BCUT2D eigenvalue weighted by molar-refractivity contribution is 5.84. The highest BCUT2D eigenvalue weighted by atomic mass is 16.5. The van der Waals surface area contributed by atoms with Gasteiger partial charge in [-0.25, -0.2) is 4.98 Å². The van der Waals surface area contributed by atoms with Gasteiger partial charge in [0.05, 0.1) is 34.4 Å². The number of likely N-dealkylation sites (N-methyl/N-ethyl adjacent to an activating group) is 1. The largest absolute Gasteiger partial charge is 0.390 e. The molecule has 2 aliphatic heterocycles. The summed E-state index contributed by atoms with van der Waals surface area (Å²) in [5.41, 5.74) is 10.9. The number of aromatic amines is 1. The van der Waals surface area contributed by atoms with Crippen LogP contribution in [-0.2, 0) is 4.74 Å². The summed E-state index contributed by atoms with van der Waals surface area (Å²) in [5, 5.41) is 22.6. The minimum Gasteiger partial charge on any atom is -0.390 e. The SMILES string of the molecule is CN(C)C1CC23CCC4(O2)C(=CCC2(C)C(c5ccc6nc(N)[nH]c6c5)=CCC24)C2CC23C(O)C1O. The van der Waals surface area contributed by atoms with E-state index in [2.05, 4.69) is 52.1 Å². The zero-order valence-electron chi connectivity index (χ0n) is 21.3. The van der Waals surface area contributed by atoms with E-state index in [0.717, 1.165) is 49.6 Å². The monoisotopic (exact) mass is 488 g/mol. The van der Waals surface area contributed by atoms with Crippen molar-refractivity contribution in [1.82, 2.24) is 14.9 Å². The van der Waals surface area contributed by atoms with E-state index in [9.17, 15) is 10.2 Å². The van der Waals surface area contributed by atoms with Crippen LogP contribution in [0.1, 0.15) is 51.0 Å². The van der Waals surface area contributed by atoms with Gasteiger partial charge in [0.15, 0.2) is 5.95 Å². The van der Waals surface area contributed by atoms with Crippen molar-refractivity contribution < 1.29 is 14.9 Å². The van der Waals surface area contributed by atoms with Gasteiger partial charge in [0.25, 0.3) is 0 Å². The van der Waals surface area contributed by atoms with Crippen LogP contribution in [-0.4, -0.2) is 68.6 Å². The molecule has 4 aliphatic carbocycles. The topological polar surface area (TPSA) is 108 Å². The van der Waals surface area contributed by atoms with Crippen LogP contribution in [0, 0.1) is 22.7 Å². The van der Waals surface area contributed by atoms with E-state index < -0.39 is 12.2 Å². The second kappa shape index (κ2) is 6.44. The standard InChI is InChI=1S/C29H36N4O3/c1-26-9-8-17-18-13-28(18)24(35)23(34)21(33(2)3)14-27(28)10-11-29(17,36-27)22(26)7-5-16(26)15-4-6-19-20(12-15)32-25(30)31-19/h4-6,8,12,18,21-24,34-35H,7,9-11,13-14H2,1-3H3,(H3,30,31,32). The molecule has 3 spiro atoms. The third-order valence-electron chi connectivity index (χ3n) is 11.5. The van der Waals surface area contributed by atoms with Crippen molar-refractivity contribution in [1.29, 1.82) is 0 Å².